The van der Waals surface area contributed by atoms with Crippen LogP contribution in [0.4, 0.5) is 14.9 Å². The van der Waals surface area contributed by atoms with Crippen LogP contribution in [0.1, 0.15) is 5.56 Å². The highest BCUT2D eigenvalue weighted by molar-refractivity contribution is 5.91. The minimum Gasteiger partial charge on any atom is -0.497 e. The van der Waals surface area contributed by atoms with Crippen molar-refractivity contribution in [3.05, 3.63) is 59.9 Å². The van der Waals surface area contributed by atoms with E-state index in [0.717, 1.165) is 5.56 Å². The Bertz CT molecular complexity index is 706. The number of nitrogens with one attached hydrogen (secondary N) is 3. The van der Waals surface area contributed by atoms with Gasteiger partial charge in [-0.25, -0.2) is 14.6 Å². The summed E-state index contributed by atoms with van der Waals surface area (Å²) in [5, 5.41) is 2.29. The SMILES string of the molecule is COc1cccc(CC(=O)NNC(=O)Nc2ccccc2F)c1. The lowest BCUT2D eigenvalue weighted by Gasteiger charge is -2.10. The van der Waals surface area contributed by atoms with Crippen molar-refractivity contribution in [1.82, 2.24) is 10.9 Å². The molecule has 0 saturated heterocycles. The van der Waals surface area contributed by atoms with Gasteiger partial charge in [0.1, 0.15) is 11.6 Å². The van der Waals surface area contributed by atoms with Crippen molar-refractivity contribution in [3.8, 4) is 5.75 Å². The molecule has 0 heterocycles. The average Bonchev–Trinajstić information content (AvgIpc) is 2.55. The summed E-state index contributed by atoms with van der Waals surface area (Å²) in [6, 6.07) is 12.0. The summed E-state index contributed by atoms with van der Waals surface area (Å²) in [4.78, 5) is 23.4. The molecule has 3 amide bonds. The highest BCUT2D eigenvalue weighted by Crippen LogP contribution is 2.13. The number of hydrogen-bond donors (Lipinski definition) is 3. The second kappa shape index (κ2) is 7.79. The molecule has 120 valence electrons. The van der Waals surface area contributed by atoms with E-state index >= 15 is 0 Å². The molecular formula is C16H16FN3O3. The molecule has 0 aliphatic heterocycles. The van der Waals surface area contributed by atoms with E-state index in [-0.39, 0.29) is 12.1 Å². The van der Waals surface area contributed by atoms with Gasteiger partial charge < -0.3 is 10.1 Å². The van der Waals surface area contributed by atoms with Crippen LogP contribution in [0.15, 0.2) is 48.5 Å². The molecule has 0 aliphatic rings. The quantitative estimate of drug-likeness (QED) is 0.757. The zero-order valence-electron chi connectivity index (χ0n) is 12.4. The van der Waals surface area contributed by atoms with Crippen molar-refractivity contribution in [3.63, 3.8) is 0 Å². The standard InChI is InChI=1S/C16H16FN3O3/c1-23-12-6-4-5-11(9-12)10-15(21)19-20-16(22)18-14-8-3-2-7-13(14)17/h2-9H,10H2,1H3,(H,19,21)(H2,18,20,22). The molecule has 0 unspecified atom stereocenters. The van der Waals surface area contributed by atoms with E-state index < -0.39 is 17.8 Å². The number of halogens is 1. The second-order valence-corrected chi connectivity index (χ2v) is 4.64. The first-order valence-corrected chi connectivity index (χ1v) is 6.82. The van der Waals surface area contributed by atoms with Gasteiger partial charge in [0.2, 0.25) is 5.91 Å². The van der Waals surface area contributed by atoms with E-state index in [1.807, 2.05) is 0 Å². The van der Waals surface area contributed by atoms with Gasteiger partial charge in [-0.15, -0.1) is 0 Å². The molecule has 23 heavy (non-hydrogen) atoms. The van der Waals surface area contributed by atoms with Gasteiger partial charge in [0.15, 0.2) is 0 Å². The molecule has 0 atom stereocenters. The van der Waals surface area contributed by atoms with Crippen LogP contribution in [0.3, 0.4) is 0 Å². The molecular weight excluding hydrogens is 301 g/mol. The number of hydrazine groups is 1. The van der Waals surface area contributed by atoms with Gasteiger partial charge in [0, 0.05) is 0 Å². The lowest BCUT2D eigenvalue weighted by Crippen LogP contribution is -2.44. The van der Waals surface area contributed by atoms with Gasteiger partial charge in [0.25, 0.3) is 0 Å². The largest absolute Gasteiger partial charge is 0.497 e. The van der Waals surface area contributed by atoms with Gasteiger partial charge in [-0.05, 0) is 29.8 Å². The number of rotatable bonds is 4. The number of carbonyl (C=O) groups is 2. The maximum Gasteiger partial charge on any atom is 0.338 e. The number of urea groups is 1. The summed E-state index contributed by atoms with van der Waals surface area (Å²) in [6.07, 6.45) is 0.0666. The first-order chi connectivity index (χ1) is 11.1. The van der Waals surface area contributed by atoms with Crippen LogP contribution in [0.5, 0.6) is 5.75 Å². The van der Waals surface area contributed by atoms with Crippen molar-refractivity contribution < 1.29 is 18.7 Å². The molecule has 3 N–H and O–H groups in total. The average molecular weight is 317 g/mol. The highest BCUT2D eigenvalue weighted by atomic mass is 19.1. The number of ether oxygens (including phenoxy) is 1. The van der Waals surface area contributed by atoms with Crippen molar-refractivity contribution in [2.24, 2.45) is 0 Å². The number of anilines is 1. The summed E-state index contributed by atoms with van der Waals surface area (Å²) in [5.41, 5.74) is 5.16. The van der Waals surface area contributed by atoms with Crippen molar-refractivity contribution in [2.75, 3.05) is 12.4 Å². The van der Waals surface area contributed by atoms with Crippen LogP contribution in [0.25, 0.3) is 0 Å². The highest BCUT2D eigenvalue weighted by Gasteiger charge is 2.08. The molecule has 0 radical (unpaired) electrons. The van der Waals surface area contributed by atoms with Gasteiger partial charge in [-0.2, -0.15) is 0 Å². The number of methoxy groups -OCH3 is 1. The van der Waals surface area contributed by atoms with E-state index in [1.165, 1.54) is 25.3 Å². The third kappa shape index (κ3) is 4.99. The Balaban J connectivity index is 1.82. The topological polar surface area (TPSA) is 79.5 Å². The predicted octanol–water partition coefficient (Wildman–Crippen LogP) is 2.23. The Kier molecular flexibility index (Phi) is 5.51. The molecule has 0 bridgehead atoms. The maximum atomic E-state index is 13.4. The van der Waals surface area contributed by atoms with Gasteiger partial charge in [-0.3, -0.25) is 10.2 Å². The van der Waals surface area contributed by atoms with E-state index in [9.17, 15) is 14.0 Å². The smallest absolute Gasteiger partial charge is 0.338 e. The first kappa shape index (κ1) is 16.3. The molecule has 2 aromatic rings. The fraction of sp³-hybridized carbons (Fsp3) is 0.125. The van der Waals surface area contributed by atoms with E-state index in [2.05, 4.69) is 16.2 Å². The van der Waals surface area contributed by atoms with Crippen molar-refractivity contribution in [1.29, 1.82) is 0 Å². The third-order valence-electron chi connectivity index (χ3n) is 2.94. The van der Waals surface area contributed by atoms with Gasteiger partial charge in [0.05, 0.1) is 19.2 Å². The summed E-state index contributed by atoms with van der Waals surface area (Å²) in [7, 11) is 1.54. The number of benzene rings is 2. The summed E-state index contributed by atoms with van der Waals surface area (Å²) in [5.74, 6) is -0.340. The second-order valence-electron chi connectivity index (χ2n) is 4.64. The van der Waals surface area contributed by atoms with Gasteiger partial charge >= 0.3 is 6.03 Å². The normalized spacial score (nSPS) is 9.83. The zero-order chi connectivity index (χ0) is 16.7. The predicted molar refractivity (Wildman–Crippen MR) is 83.4 cm³/mol. The molecule has 0 saturated carbocycles. The molecule has 0 spiro atoms. The van der Waals surface area contributed by atoms with Crippen molar-refractivity contribution >= 4 is 17.6 Å². The lowest BCUT2D eigenvalue weighted by atomic mass is 10.1. The fourth-order valence-corrected chi connectivity index (χ4v) is 1.85. The van der Waals surface area contributed by atoms with Crippen LogP contribution in [-0.2, 0) is 11.2 Å². The fourth-order valence-electron chi connectivity index (χ4n) is 1.85. The Labute approximate surface area is 132 Å². The Morgan fingerprint density at radius 1 is 1.09 bits per heavy atom. The van der Waals surface area contributed by atoms with Crippen LogP contribution in [0, 0.1) is 5.82 Å². The van der Waals surface area contributed by atoms with Gasteiger partial charge in [-0.1, -0.05) is 24.3 Å². The van der Waals surface area contributed by atoms with E-state index in [0.29, 0.717) is 5.75 Å². The number of carbonyl (C=O) groups excluding carboxylic acids is 2. The van der Waals surface area contributed by atoms with Crippen LogP contribution in [0.2, 0.25) is 0 Å². The van der Waals surface area contributed by atoms with E-state index in [1.54, 1.807) is 30.3 Å². The minimum atomic E-state index is -0.742. The molecule has 6 nitrogen and oxygen atoms in total. The van der Waals surface area contributed by atoms with E-state index in [4.69, 9.17) is 4.74 Å². The molecule has 2 rings (SSSR count). The Hall–Kier alpha value is -3.09. The number of para-hydroxylation sites is 1. The lowest BCUT2D eigenvalue weighted by molar-refractivity contribution is -0.121. The molecule has 7 heteroatoms. The minimum absolute atomic E-state index is 0.0204. The number of hydrogen-bond acceptors (Lipinski definition) is 3. The maximum absolute atomic E-state index is 13.4. The Morgan fingerprint density at radius 3 is 2.61 bits per heavy atom. The third-order valence-corrected chi connectivity index (χ3v) is 2.94. The monoisotopic (exact) mass is 317 g/mol. The van der Waals surface area contributed by atoms with Crippen LogP contribution in [-0.4, -0.2) is 19.0 Å². The summed E-state index contributed by atoms with van der Waals surface area (Å²) >= 11 is 0. The molecule has 2 aromatic carbocycles. The molecule has 0 fully saturated rings. The zero-order valence-corrected chi connectivity index (χ0v) is 12.4. The molecule has 0 aliphatic carbocycles. The summed E-state index contributed by atoms with van der Waals surface area (Å²) < 4.78 is 18.4. The Morgan fingerprint density at radius 2 is 1.87 bits per heavy atom. The van der Waals surface area contributed by atoms with Crippen LogP contribution >= 0.6 is 0 Å². The summed E-state index contributed by atoms with van der Waals surface area (Å²) in [6.45, 7) is 0. The van der Waals surface area contributed by atoms with Crippen LogP contribution < -0.4 is 20.9 Å². The first-order valence-electron chi connectivity index (χ1n) is 6.82. The number of amides is 3. The molecule has 0 aromatic heterocycles. The van der Waals surface area contributed by atoms with Crippen molar-refractivity contribution in [2.45, 2.75) is 6.42 Å².